The maximum absolute atomic E-state index is 6.46. The molecule has 1 rings (SSSR count). The van der Waals surface area contributed by atoms with Gasteiger partial charge >= 0.3 is 0 Å². The summed E-state index contributed by atoms with van der Waals surface area (Å²) in [5, 5.41) is 0. The van der Waals surface area contributed by atoms with E-state index in [0.717, 1.165) is 3.92 Å². The standard InChI is InChI=1S/C12H22ClI/c1-12(13)9-5-2-3-7-11(14)8-4-6-10-12/h11H,2-10H2,1H3. The van der Waals surface area contributed by atoms with E-state index in [1.807, 2.05) is 0 Å². The number of hydrogen-bond donors (Lipinski definition) is 0. The van der Waals surface area contributed by atoms with Crippen LogP contribution in [0.4, 0.5) is 0 Å². The van der Waals surface area contributed by atoms with Crippen molar-refractivity contribution in [2.24, 2.45) is 0 Å². The van der Waals surface area contributed by atoms with Crippen molar-refractivity contribution in [3.8, 4) is 0 Å². The first kappa shape index (κ1) is 13.1. The Morgan fingerprint density at radius 3 is 2.14 bits per heavy atom. The minimum atomic E-state index is 0.0884. The van der Waals surface area contributed by atoms with Gasteiger partial charge in [-0.25, -0.2) is 0 Å². The molecule has 0 nitrogen and oxygen atoms in total. The molecule has 1 fully saturated rings. The Kier molecular flexibility index (Phi) is 6.14. The average molecular weight is 329 g/mol. The van der Waals surface area contributed by atoms with Crippen LogP contribution in [0.1, 0.15) is 64.7 Å². The first-order chi connectivity index (χ1) is 6.60. The third-order valence-electron chi connectivity index (χ3n) is 3.18. The van der Waals surface area contributed by atoms with Gasteiger partial charge in [0.15, 0.2) is 0 Å². The van der Waals surface area contributed by atoms with Gasteiger partial charge in [-0.2, -0.15) is 0 Å². The molecule has 2 unspecified atom stereocenters. The topological polar surface area (TPSA) is 0 Å². The second kappa shape index (κ2) is 6.57. The Hall–Kier alpha value is 1.02. The highest BCUT2D eigenvalue weighted by Gasteiger charge is 2.20. The molecule has 1 saturated carbocycles. The van der Waals surface area contributed by atoms with Crippen LogP contribution in [0.25, 0.3) is 0 Å². The van der Waals surface area contributed by atoms with E-state index in [4.69, 9.17) is 11.6 Å². The van der Waals surface area contributed by atoms with Crippen LogP contribution >= 0.6 is 34.2 Å². The molecular formula is C12H22ClI. The lowest BCUT2D eigenvalue weighted by Crippen LogP contribution is -2.15. The van der Waals surface area contributed by atoms with Gasteiger partial charge in [-0.05, 0) is 32.6 Å². The quantitative estimate of drug-likeness (QED) is 0.417. The zero-order valence-electron chi connectivity index (χ0n) is 9.20. The molecule has 0 bridgehead atoms. The van der Waals surface area contributed by atoms with Crippen LogP contribution in [0, 0.1) is 0 Å². The van der Waals surface area contributed by atoms with Gasteiger partial charge in [-0.1, -0.05) is 54.7 Å². The average Bonchev–Trinajstić information content (AvgIpc) is 2.13. The van der Waals surface area contributed by atoms with Crippen molar-refractivity contribution in [3.05, 3.63) is 0 Å². The van der Waals surface area contributed by atoms with Crippen LogP contribution in [0.2, 0.25) is 0 Å². The van der Waals surface area contributed by atoms with Crippen LogP contribution in [0.3, 0.4) is 0 Å². The van der Waals surface area contributed by atoms with E-state index >= 15 is 0 Å². The first-order valence-corrected chi connectivity index (χ1v) is 7.55. The molecule has 84 valence electrons. The summed E-state index contributed by atoms with van der Waals surface area (Å²) < 4.78 is 0.910. The van der Waals surface area contributed by atoms with Gasteiger partial charge in [-0.3, -0.25) is 0 Å². The highest BCUT2D eigenvalue weighted by atomic mass is 127. The van der Waals surface area contributed by atoms with E-state index in [2.05, 4.69) is 29.5 Å². The number of rotatable bonds is 0. The van der Waals surface area contributed by atoms with Crippen molar-refractivity contribution in [3.63, 3.8) is 0 Å². The van der Waals surface area contributed by atoms with E-state index < -0.39 is 0 Å². The number of hydrogen-bond acceptors (Lipinski definition) is 0. The molecular weight excluding hydrogens is 306 g/mol. The SMILES string of the molecule is CC1(Cl)CCCCCC(I)CCCC1. The third kappa shape index (κ3) is 5.79. The van der Waals surface area contributed by atoms with Gasteiger partial charge in [0.05, 0.1) is 0 Å². The van der Waals surface area contributed by atoms with Crippen LogP contribution in [-0.2, 0) is 0 Å². The molecule has 0 saturated heterocycles. The Balaban J connectivity index is 2.34. The highest BCUT2D eigenvalue weighted by Crippen LogP contribution is 2.31. The Morgan fingerprint density at radius 2 is 1.50 bits per heavy atom. The van der Waals surface area contributed by atoms with Crippen molar-refractivity contribution in [2.45, 2.75) is 73.5 Å². The van der Waals surface area contributed by atoms with Crippen molar-refractivity contribution in [1.29, 1.82) is 0 Å². The predicted molar refractivity (Wildman–Crippen MR) is 73.6 cm³/mol. The summed E-state index contributed by atoms with van der Waals surface area (Å²) in [4.78, 5) is 0.0884. The van der Waals surface area contributed by atoms with Crippen LogP contribution in [0.15, 0.2) is 0 Å². The maximum Gasteiger partial charge on any atom is 0.0418 e. The Morgan fingerprint density at radius 1 is 1.00 bits per heavy atom. The maximum atomic E-state index is 6.46. The molecule has 0 N–H and O–H groups in total. The fraction of sp³-hybridized carbons (Fsp3) is 1.00. The van der Waals surface area contributed by atoms with Crippen molar-refractivity contribution in [2.75, 3.05) is 0 Å². The molecule has 1 aliphatic carbocycles. The molecule has 0 aromatic rings. The molecule has 0 heterocycles. The smallest absolute Gasteiger partial charge is 0.0418 e. The largest absolute Gasteiger partial charge is 0.120 e. The van der Waals surface area contributed by atoms with E-state index in [0.29, 0.717) is 0 Å². The van der Waals surface area contributed by atoms with Crippen LogP contribution in [0.5, 0.6) is 0 Å². The zero-order chi connectivity index (χ0) is 10.4. The van der Waals surface area contributed by atoms with Crippen LogP contribution in [-0.4, -0.2) is 8.80 Å². The summed E-state index contributed by atoms with van der Waals surface area (Å²) in [5.74, 6) is 0. The van der Waals surface area contributed by atoms with Crippen LogP contribution < -0.4 is 0 Å². The molecule has 2 heteroatoms. The summed E-state index contributed by atoms with van der Waals surface area (Å²) in [5.41, 5.74) is 0. The molecule has 0 aliphatic heterocycles. The highest BCUT2D eigenvalue weighted by molar-refractivity contribution is 14.1. The molecule has 0 amide bonds. The molecule has 0 aromatic carbocycles. The second-order valence-electron chi connectivity index (χ2n) is 4.86. The minimum absolute atomic E-state index is 0.0884. The van der Waals surface area contributed by atoms with Gasteiger partial charge in [0.25, 0.3) is 0 Å². The second-order valence-corrected chi connectivity index (χ2v) is 7.53. The lowest BCUT2D eigenvalue weighted by atomic mass is 9.96. The molecule has 0 aromatic heterocycles. The minimum Gasteiger partial charge on any atom is -0.120 e. The van der Waals surface area contributed by atoms with E-state index in [9.17, 15) is 0 Å². The fourth-order valence-corrected chi connectivity index (χ4v) is 3.31. The Bertz CT molecular complexity index is 156. The summed E-state index contributed by atoms with van der Waals surface area (Å²) in [7, 11) is 0. The predicted octanol–water partition coefficient (Wildman–Crippen LogP) is 5.31. The monoisotopic (exact) mass is 328 g/mol. The van der Waals surface area contributed by atoms with Crippen molar-refractivity contribution < 1.29 is 0 Å². The van der Waals surface area contributed by atoms with E-state index in [1.54, 1.807) is 0 Å². The summed E-state index contributed by atoms with van der Waals surface area (Å²) in [6.45, 7) is 2.22. The van der Waals surface area contributed by atoms with Gasteiger partial charge in [0.2, 0.25) is 0 Å². The number of alkyl halides is 2. The van der Waals surface area contributed by atoms with Crippen molar-refractivity contribution in [1.82, 2.24) is 0 Å². The Labute approximate surface area is 107 Å². The zero-order valence-corrected chi connectivity index (χ0v) is 12.1. The van der Waals surface area contributed by atoms with E-state index in [-0.39, 0.29) is 4.87 Å². The molecule has 14 heavy (non-hydrogen) atoms. The van der Waals surface area contributed by atoms with Gasteiger partial charge in [-0.15, -0.1) is 11.6 Å². The fourth-order valence-electron chi connectivity index (χ4n) is 2.16. The van der Waals surface area contributed by atoms with E-state index in [1.165, 1.54) is 57.8 Å². The summed E-state index contributed by atoms with van der Waals surface area (Å²) >= 11 is 9.08. The number of halogens is 2. The molecule has 0 spiro atoms. The van der Waals surface area contributed by atoms with Gasteiger partial charge < -0.3 is 0 Å². The molecule has 2 atom stereocenters. The first-order valence-electron chi connectivity index (χ1n) is 5.93. The normalized spacial score (nSPS) is 37.5. The molecule has 0 radical (unpaired) electrons. The molecule has 1 aliphatic rings. The summed E-state index contributed by atoms with van der Waals surface area (Å²) in [6.07, 6.45) is 12.0. The van der Waals surface area contributed by atoms with Gasteiger partial charge in [0.1, 0.15) is 0 Å². The van der Waals surface area contributed by atoms with Crippen molar-refractivity contribution >= 4 is 34.2 Å². The van der Waals surface area contributed by atoms with Gasteiger partial charge in [0, 0.05) is 8.80 Å². The lowest BCUT2D eigenvalue weighted by Gasteiger charge is -2.21. The summed E-state index contributed by atoms with van der Waals surface area (Å²) in [6, 6.07) is 0. The lowest BCUT2D eigenvalue weighted by molar-refractivity contribution is 0.480. The third-order valence-corrected chi connectivity index (χ3v) is 4.80.